The second kappa shape index (κ2) is 7.96. The summed E-state index contributed by atoms with van der Waals surface area (Å²) in [6.07, 6.45) is 5.95. The van der Waals surface area contributed by atoms with Crippen LogP contribution in [-0.2, 0) is 10.0 Å². The van der Waals surface area contributed by atoms with Crippen LogP contribution in [0.1, 0.15) is 60.6 Å². The van der Waals surface area contributed by atoms with Crippen molar-refractivity contribution in [2.75, 3.05) is 32.4 Å². The van der Waals surface area contributed by atoms with Crippen molar-refractivity contribution in [3.63, 3.8) is 0 Å². The van der Waals surface area contributed by atoms with Gasteiger partial charge in [0, 0.05) is 32.4 Å². The number of amides is 1. The first-order chi connectivity index (χ1) is 14.1. The lowest BCUT2D eigenvalue weighted by atomic mass is 9.90. The molecular weight excluding hydrogens is 400 g/mol. The summed E-state index contributed by atoms with van der Waals surface area (Å²) in [6.45, 7) is 9.00. The largest absolute Gasteiger partial charge is 0.338 e. The van der Waals surface area contributed by atoms with Crippen molar-refractivity contribution in [3.05, 3.63) is 35.2 Å². The molecule has 0 saturated carbocycles. The summed E-state index contributed by atoms with van der Waals surface area (Å²) in [5.74, 6) is 1.39. The van der Waals surface area contributed by atoms with E-state index in [0.717, 1.165) is 49.1 Å². The third-order valence-electron chi connectivity index (χ3n) is 6.60. The number of aryl methyl sites for hydroxylation is 1. The molecule has 0 bridgehead atoms. The maximum Gasteiger partial charge on any atom is 0.257 e. The first-order valence-corrected chi connectivity index (χ1v) is 12.7. The number of likely N-dealkylation sites (tertiary alicyclic amines) is 1. The minimum Gasteiger partial charge on any atom is -0.338 e. The standard InChI is InChI=1S/C22H32N4O3S/c1-15-11-16(2)14-24(13-15)22(27)21-17(3)23-26-10-7-19(12-20(21)26)18-5-8-25(9-6-18)30(4,28)29/h7,10,12,15-16,18H,5-6,8-9,11,13-14H2,1-4H3. The topological polar surface area (TPSA) is 75.0 Å². The lowest BCUT2D eigenvalue weighted by Gasteiger charge is -2.35. The molecule has 2 aliphatic heterocycles. The Labute approximate surface area is 179 Å². The monoisotopic (exact) mass is 432 g/mol. The molecule has 2 saturated heterocycles. The Morgan fingerprint density at radius 1 is 1.13 bits per heavy atom. The Balaban J connectivity index is 1.61. The van der Waals surface area contributed by atoms with Gasteiger partial charge in [-0.15, -0.1) is 0 Å². The quantitative estimate of drug-likeness (QED) is 0.747. The maximum absolute atomic E-state index is 13.4. The zero-order valence-electron chi connectivity index (χ0n) is 18.3. The Morgan fingerprint density at radius 3 is 2.37 bits per heavy atom. The van der Waals surface area contributed by atoms with Crippen molar-refractivity contribution in [1.29, 1.82) is 0 Å². The van der Waals surface area contributed by atoms with E-state index in [4.69, 9.17) is 0 Å². The van der Waals surface area contributed by atoms with Gasteiger partial charge in [0.15, 0.2) is 0 Å². The molecule has 2 aromatic heterocycles. The van der Waals surface area contributed by atoms with Gasteiger partial charge in [0.2, 0.25) is 10.0 Å². The average molecular weight is 433 g/mol. The molecule has 4 rings (SSSR count). The fraction of sp³-hybridized carbons (Fsp3) is 0.636. The van der Waals surface area contributed by atoms with E-state index in [0.29, 0.717) is 36.4 Å². The third-order valence-corrected chi connectivity index (χ3v) is 7.90. The van der Waals surface area contributed by atoms with E-state index in [-0.39, 0.29) is 5.91 Å². The molecule has 0 spiro atoms. The predicted molar refractivity (Wildman–Crippen MR) is 117 cm³/mol. The summed E-state index contributed by atoms with van der Waals surface area (Å²) in [5, 5.41) is 4.58. The minimum atomic E-state index is -3.13. The lowest BCUT2D eigenvalue weighted by Crippen LogP contribution is -2.42. The van der Waals surface area contributed by atoms with Crippen LogP contribution in [0.3, 0.4) is 0 Å². The van der Waals surface area contributed by atoms with E-state index in [2.05, 4.69) is 31.1 Å². The van der Waals surface area contributed by atoms with E-state index < -0.39 is 10.0 Å². The van der Waals surface area contributed by atoms with E-state index in [1.54, 1.807) is 8.82 Å². The van der Waals surface area contributed by atoms with Crippen molar-refractivity contribution in [3.8, 4) is 0 Å². The molecule has 2 unspecified atom stereocenters. The first kappa shape index (κ1) is 21.3. The van der Waals surface area contributed by atoms with Gasteiger partial charge in [0.25, 0.3) is 5.91 Å². The van der Waals surface area contributed by atoms with Crippen LogP contribution in [-0.4, -0.2) is 65.6 Å². The smallest absolute Gasteiger partial charge is 0.257 e. The van der Waals surface area contributed by atoms with Gasteiger partial charge in [0.1, 0.15) is 0 Å². The first-order valence-electron chi connectivity index (χ1n) is 10.9. The van der Waals surface area contributed by atoms with Crippen LogP contribution in [0.15, 0.2) is 18.3 Å². The normalized spacial score (nSPS) is 24.5. The molecule has 7 nitrogen and oxygen atoms in total. The molecule has 8 heteroatoms. The van der Waals surface area contributed by atoms with Crippen LogP contribution in [0.5, 0.6) is 0 Å². The number of hydrogen-bond donors (Lipinski definition) is 0. The Kier molecular flexibility index (Phi) is 5.66. The summed E-state index contributed by atoms with van der Waals surface area (Å²) in [4.78, 5) is 15.4. The molecule has 0 aliphatic carbocycles. The lowest BCUT2D eigenvalue weighted by molar-refractivity contribution is 0.0624. The van der Waals surface area contributed by atoms with Crippen molar-refractivity contribution < 1.29 is 13.2 Å². The van der Waals surface area contributed by atoms with Gasteiger partial charge < -0.3 is 4.90 Å². The highest BCUT2D eigenvalue weighted by atomic mass is 32.2. The summed E-state index contributed by atoms with van der Waals surface area (Å²) < 4.78 is 26.9. The van der Waals surface area contributed by atoms with Crippen molar-refractivity contribution in [2.24, 2.45) is 11.8 Å². The Morgan fingerprint density at radius 2 is 1.77 bits per heavy atom. The van der Waals surface area contributed by atoms with Gasteiger partial charge in [-0.1, -0.05) is 13.8 Å². The fourth-order valence-electron chi connectivity index (χ4n) is 5.21. The highest BCUT2D eigenvalue weighted by molar-refractivity contribution is 7.88. The predicted octanol–water partition coefficient (Wildman–Crippen LogP) is 2.90. The average Bonchev–Trinajstić information content (AvgIpc) is 3.01. The van der Waals surface area contributed by atoms with Crippen LogP contribution in [0.25, 0.3) is 5.52 Å². The van der Waals surface area contributed by atoms with Gasteiger partial charge in [-0.2, -0.15) is 5.10 Å². The number of hydrogen-bond acceptors (Lipinski definition) is 4. The second-order valence-electron chi connectivity index (χ2n) is 9.34. The van der Waals surface area contributed by atoms with E-state index in [9.17, 15) is 13.2 Å². The van der Waals surface area contributed by atoms with Gasteiger partial charge >= 0.3 is 0 Å². The van der Waals surface area contributed by atoms with Crippen LogP contribution >= 0.6 is 0 Å². The third kappa shape index (κ3) is 4.12. The fourth-order valence-corrected chi connectivity index (χ4v) is 6.08. The van der Waals surface area contributed by atoms with E-state index >= 15 is 0 Å². The molecular formula is C22H32N4O3S. The number of pyridine rings is 1. The summed E-state index contributed by atoms with van der Waals surface area (Å²) >= 11 is 0. The summed E-state index contributed by atoms with van der Waals surface area (Å²) in [7, 11) is -3.13. The number of piperidine rings is 2. The van der Waals surface area contributed by atoms with Crippen LogP contribution < -0.4 is 0 Å². The number of carbonyl (C=O) groups is 1. The van der Waals surface area contributed by atoms with Gasteiger partial charge in [0.05, 0.1) is 23.0 Å². The highest BCUT2D eigenvalue weighted by Gasteiger charge is 2.30. The number of sulfonamides is 1. The summed E-state index contributed by atoms with van der Waals surface area (Å²) in [6, 6.07) is 4.14. The van der Waals surface area contributed by atoms with Crippen LogP contribution in [0.2, 0.25) is 0 Å². The Bertz CT molecular complexity index is 1040. The number of nitrogens with zero attached hydrogens (tertiary/aromatic N) is 4. The zero-order valence-corrected chi connectivity index (χ0v) is 19.2. The molecule has 30 heavy (non-hydrogen) atoms. The molecule has 2 atom stereocenters. The molecule has 2 aromatic rings. The number of fused-ring (bicyclic) bond motifs is 1. The van der Waals surface area contributed by atoms with Gasteiger partial charge in [-0.3, -0.25) is 4.79 Å². The van der Waals surface area contributed by atoms with Crippen molar-refractivity contribution in [2.45, 2.75) is 46.0 Å². The van der Waals surface area contributed by atoms with Gasteiger partial charge in [-0.25, -0.2) is 17.2 Å². The highest BCUT2D eigenvalue weighted by Crippen LogP contribution is 2.31. The molecule has 0 N–H and O–H groups in total. The Hall–Kier alpha value is -1.93. The molecule has 0 aromatic carbocycles. The molecule has 0 radical (unpaired) electrons. The van der Waals surface area contributed by atoms with Gasteiger partial charge in [-0.05, 0) is 61.6 Å². The SMILES string of the molecule is Cc1nn2ccc(C3CCN(S(C)(=O)=O)CC3)cc2c1C(=O)N1CC(C)CC(C)C1. The summed E-state index contributed by atoms with van der Waals surface area (Å²) in [5.41, 5.74) is 3.47. The second-order valence-corrected chi connectivity index (χ2v) is 11.3. The van der Waals surface area contributed by atoms with E-state index in [1.807, 2.05) is 18.0 Å². The number of rotatable bonds is 3. The molecule has 164 valence electrons. The van der Waals surface area contributed by atoms with Crippen molar-refractivity contribution >= 4 is 21.4 Å². The zero-order chi connectivity index (χ0) is 21.6. The number of carbonyl (C=O) groups excluding carboxylic acids is 1. The maximum atomic E-state index is 13.4. The van der Waals surface area contributed by atoms with Crippen LogP contribution in [0, 0.1) is 18.8 Å². The van der Waals surface area contributed by atoms with Crippen LogP contribution in [0.4, 0.5) is 0 Å². The van der Waals surface area contributed by atoms with Crippen molar-refractivity contribution in [1.82, 2.24) is 18.8 Å². The number of aromatic nitrogens is 2. The molecule has 2 fully saturated rings. The molecule has 2 aliphatic rings. The molecule has 1 amide bonds. The van der Waals surface area contributed by atoms with E-state index in [1.165, 1.54) is 6.26 Å². The molecule has 4 heterocycles. The minimum absolute atomic E-state index is 0.0740.